The Bertz CT molecular complexity index is 357. The van der Waals surface area contributed by atoms with Gasteiger partial charge in [0.25, 0.3) is 5.91 Å². The summed E-state index contributed by atoms with van der Waals surface area (Å²) < 4.78 is 17.6. The molecule has 1 aromatic carbocycles. The van der Waals surface area contributed by atoms with E-state index in [0.29, 0.717) is 11.3 Å². The second kappa shape index (κ2) is 5.70. The van der Waals surface area contributed by atoms with Crippen molar-refractivity contribution in [3.05, 3.63) is 28.2 Å². The van der Waals surface area contributed by atoms with Crippen LogP contribution in [0.15, 0.2) is 22.7 Å². The smallest absolute Gasteiger partial charge is 0.251 e. The largest absolute Gasteiger partial charge is 0.496 e. The number of carbonyl (C=O) groups is 1. The van der Waals surface area contributed by atoms with Crippen LogP contribution in [0.1, 0.15) is 10.4 Å². The zero-order valence-corrected chi connectivity index (χ0v) is 9.80. The lowest BCUT2D eigenvalue weighted by atomic mass is 10.2. The van der Waals surface area contributed by atoms with Crippen molar-refractivity contribution in [2.45, 2.75) is 0 Å². The molecule has 0 fully saturated rings. The number of hydrogen-bond acceptors (Lipinski definition) is 2. The molecule has 0 atom stereocenters. The minimum absolute atomic E-state index is 0.0250. The van der Waals surface area contributed by atoms with Crippen molar-refractivity contribution in [1.29, 1.82) is 0 Å². The van der Waals surface area contributed by atoms with Crippen molar-refractivity contribution in [3.8, 4) is 5.75 Å². The number of rotatable bonds is 4. The Balaban J connectivity index is 2.81. The lowest BCUT2D eigenvalue weighted by Crippen LogP contribution is -2.25. The molecule has 0 aromatic heterocycles. The van der Waals surface area contributed by atoms with Crippen LogP contribution >= 0.6 is 15.9 Å². The first-order chi connectivity index (χ1) is 7.19. The van der Waals surface area contributed by atoms with E-state index in [2.05, 4.69) is 21.2 Å². The van der Waals surface area contributed by atoms with Gasteiger partial charge in [-0.1, -0.05) is 0 Å². The number of benzene rings is 1. The lowest BCUT2D eigenvalue weighted by Gasteiger charge is -2.06. The highest BCUT2D eigenvalue weighted by molar-refractivity contribution is 9.10. The molecule has 0 saturated carbocycles. The molecular formula is C10H11BrFNO2. The standard InChI is InChI=1S/C10H11BrFNO2/c1-15-9-6-7(2-3-8(9)11)10(14)13-5-4-12/h2-3,6H,4-5H2,1H3,(H,13,14). The topological polar surface area (TPSA) is 38.3 Å². The molecule has 82 valence electrons. The lowest BCUT2D eigenvalue weighted by molar-refractivity contribution is 0.0950. The third kappa shape index (κ3) is 3.20. The maximum atomic E-state index is 11.8. The number of amides is 1. The zero-order chi connectivity index (χ0) is 11.3. The second-order valence-electron chi connectivity index (χ2n) is 2.79. The average molecular weight is 276 g/mol. The molecule has 0 aliphatic carbocycles. The quantitative estimate of drug-likeness (QED) is 0.915. The number of methoxy groups -OCH3 is 1. The first-order valence-corrected chi connectivity index (χ1v) is 5.16. The van der Waals surface area contributed by atoms with E-state index in [1.165, 1.54) is 7.11 Å². The van der Waals surface area contributed by atoms with E-state index in [1.54, 1.807) is 18.2 Å². The summed E-state index contributed by atoms with van der Waals surface area (Å²) in [4.78, 5) is 11.4. The van der Waals surface area contributed by atoms with E-state index in [4.69, 9.17) is 4.74 Å². The van der Waals surface area contributed by atoms with Gasteiger partial charge in [0.05, 0.1) is 11.6 Å². The van der Waals surface area contributed by atoms with Gasteiger partial charge in [-0.05, 0) is 34.1 Å². The van der Waals surface area contributed by atoms with Gasteiger partial charge in [0, 0.05) is 12.1 Å². The van der Waals surface area contributed by atoms with Gasteiger partial charge < -0.3 is 10.1 Å². The monoisotopic (exact) mass is 275 g/mol. The summed E-state index contributed by atoms with van der Waals surface area (Å²) in [6.45, 7) is -0.545. The number of alkyl halides is 1. The predicted octanol–water partition coefficient (Wildman–Crippen LogP) is 2.16. The van der Waals surface area contributed by atoms with E-state index in [-0.39, 0.29) is 12.5 Å². The molecule has 5 heteroatoms. The Hall–Kier alpha value is -1.10. The van der Waals surface area contributed by atoms with Gasteiger partial charge in [0.15, 0.2) is 0 Å². The molecule has 0 bridgehead atoms. The van der Waals surface area contributed by atoms with Gasteiger partial charge in [0.2, 0.25) is 0 Å². The van der Waals surface area contributed by atoms with Crippen LogP contribution < -0.4 is 10.1 Å². The van der Waals surface area contributed by atoms with Crippen LogP contribution in [-0.4, -0.2) is 26.2 Å². The van der Waals surface area contributed by atoms with Crippen LogP contribution in [0.2, 0.25) is 0 Å². The summed E-state index contributed by atoms with van der Waals surface area (Å²) in [5.41, 5.74) is 0.448. The molecule has 1 rings (SSSR count). The van der Waals surface area contributed by atoms with Crippen LogP contribution in [0.4, 0.5) is 4.39 Å². The van der Waals surface area contributed by atoms with Crippen molar-refractivity contribution >= 4 is 21.8 Å². The van der Waals surface area contributed by atoms with Crippen molar-refractivity contribution in [2.24, 2.45) is 0 Å². The van der Waals surface area contributed by atoms with Crippen LogP contribution in [0, 0.1) is 0 Å². The van der Waals surface area contributed by atoms with Gasteiger partial charge in [0.1, 0.15) is 12.4 Å². The molecule has 0 radical (unpaired) electrons. The minimum Gasteiger partial charge on any atom is -0.496 e. The number of hydrogen-bond donors (Lipinski definition) is 1. The maximum absolute atomic E-state index is 11.8. The molecule has 0 spiro atoms. The van der Waals surface area contributed by atoms with Crippen LogP contribution in [0.5, 0.6) is 5.75 Å². The van der Waals surface area contributed by atoms with Gasteiger partial charge in [-0.3, -0.25) is 4.79 Å². The molecule has 0 saturated heterocycles. The van der Waals surface area contributed by atoms with Gasteiger partial charge >= 0.3 is 0 Å². The molecular weight excluding hydrogens is 265 g/mol. The van der Waals surface area contributed by atoms with Crippen molar-refractivity contribution < 1.29 is 13.9 Å². The number of carbonyl (C=O) groups excluding carboxylic acids is 1. The molecule has 1 amide bonds. The first-order valence-electron chi connectivity index (χ1n) is 4.36. The van der Waals surface area contributed by atoms with E-state index >= 15 is 0 Å². The summed E-state index contributed by atoms with van der Waals surface area (Å²) in [6, 6.07) is 4.95. The fourth-order valence-corrected chi connectivity index (χ4v) is 1.47. The molecule has 3 nitrogen and oxygen atoms in total. The SMILES string of the molecule is COc1cc(C(=O)NCCF)ccc1Br. The number of halogens is 2. The fourth-order valence-electron chi connectivity index (χ4n) is 1.06. The molecule has 0 aliphatic rings. The Labute approximate surface area is 95.7 Å². The number of ether oxygens (including phenoxy) is 1. The van der Waals surface area contributed by atoms with E-state index in [9.17, 15) is 9.18 Å². The maximum Gasteiger partial charge on any atom is 0.251 e. The highest BCUT2D eigenvalue weighted by Gasteiger charge is 2.08. The Morgan fingerprint density at radius 3 is 2.93 bits per heavy atom. The Kier molecular flexibility index (Phi) is 4.55. The van der Waals surface area contributed by atoms with Crippen molar-refractivity contribution in [2.75, 3.05) is 20.3 Å². The highest BCUT2D eigenvalue weighted by atomic mass is 79.9. The van der Waals surface area contributed by atoms with Gasteiger partial charge in [-0.15, -0.1) is 0 Å². The average Bonchev–Trinajstić information content (AvgIpc) is 2.26. The molecule has 0 aliphatic heterocycles. The van der Waals surface area contributed by atoms with Crippen LogP contribution in [0.3, 0.4) is 0 Å². The summed E-state index contributed by atoms with van der Waals surface area (Å²) >= 11 is 3.28. The third-order valence-electron chi connectivity index (χ3n) is 1.79. The molecule has 1 aromatic rings. The van der Waals surface area contributed by atoms with Crippen molar-refractivity contribution in [3.63, 3.8) is 0 Å². The molecule has 0 heterocycles. The molecule has 1 N–H and O–H groups in total. The van der Waals surface area contributed by atoms with E-state index in [1.807, 2.05) is 0 Å². The van der Waals surface area contributed by atoms with Gasteiger partial charge in [-0.25, -0.2) is 4.39 Å². The number of nitrogens with one attached hydrogen (secondary N) is 1. The summed E-state index contributed by atoms with van der Waals surface area (Å²) in [7, 11) is 1.52. The Morgan fingerprint density at radius 2 is 2.33 bits per heavy atom. The van der Waals surface area contributed by atoms with Crippen LogP contribution in [0.25, 0.3) is 0 Å². The van der Waals surface area contributed by atoms with E-state index in [0.717, 1.165) is 4.47 Å². The molecule has 15 heavy (non-hydrogen) atoms. The molecule has 0 unspecified atom stereocenters. The second-order valence-corrected chi connectivity index (χ2v) is 3.65. The highest BCUT2D eigenvalue weighted by Crippen LogP contribution is 2.25. The van der Waals surface area contributed by atoms with Crippen molar-refractivity contribution in [1.82, 2.24) is 5.32 Å². The fraction of sp³-hybridized carbons (Fsp3) is 0.300. The summed E-state index contributed by atoms with van der Waals surface area (Å²) in [5, 5.41) is 2.43. The first kappa shape index (κ1) is 12.0. The van der Waals surface area contributed by atoms with E-state index < -0.39 is 6.67 Å². The summed E-state index contributed by atoms with van der Waals surface area (Å²) in [5.74, 6) is 0.265. The van der Waals surface area contributed by atoms with Crippen LogP contribution in [-0.2, 0) is 0 Å². The normalized spacial score (nSPS) is 9.80. The Morgan fingerprint density at radius 1 is 1.60 bits per heavy atom. The predicted molar refractivity (Wildman–Crippen MR) is 59.0 cm³/mol. The van der Waals surface area contributed by atoms with Gasteiger partial charge in [-0.2, -0.15) is 0 Å². The summed E-state index contributed by atoms with van der Waals surface area (Å²) in [6.07, 6.45) is 0. The third-order valence-corrected chi connectivity index (χ3v) is 2.45. The zero-order valence-electron chi connectivity index (χ0n) is 8.22. The minimum atomic E-state index is -0.570.